The fourth-order valence-corrected chi connectivity index (χ4v) is 2.80. The molecule has 24 heavy (non-hydrogen) atoms. The molecule has 0 aliphatic rings. The van der Waals surface area contributed by atoms with E-state index in [4.69, 9.17) is 16.3 Å². The first-order valence-electron chi connectivity index (χ1n) is 7.86. The van der Waals surface area contributed by atoms with Crippen molar-refractivity contribution in [3.63, 3.8) is 0 Å². The molecule has 0 aliphatic heterocycles. The number of benzene rings is 2. The number of carbonyl (C=O) groups is 1. The lowest BCUT2D eigenvalue weighted by molar-refractivity contribution is 0.0942. The van der Waals surface area contributed by atoms with Crippen molar-refractivity contribution in [2.24, 2.45) is 0 Å². The minimum atomic E-state index is -0.447. The Morgan fingerprint density at radius 2 is 1.96 bits per heavy atom. The summed E-state index contributed by atoms with van der Waals surface area (Å²) < 4.78 is 5.22. The highest BCUT2D eigenvalue weighted by Crippen LogP contribution is 2.24. The molecule has 0 heterocycles. The molecule has 0 fully saturated rings. The molecule has 0 aliphatic carbocycles. The van der Waals surface area contributed by atoms with Gasteiger partial charge in [-0.2, -0.15) is 0 Å². The first kappa shape index (κ1) is 18.3. The third-order valence-electron chi connectivity index (χ3n) is 3.81. The summed E-state index contributed by atoms with van der Waals surface area (Å²) in [5, 5.41) is 13.2. The van der Waals surface area contributed by atoms with Gasteiger partial charge in [-0.1, -0.05) is 41.9 Å². The maximum atomic E-state index is 12.5. The van der Waals surface area contributed by atoms with E-state index in [1.807, 2.05) is 30.3 Å². The van der Waals surface area contributed by atoms with Gasteiger partial charge in [0.25, 0.3) is 5.91 Å². The Balaban J connectivity index is 2.10. The van der Waals surface area contributed by atoms with E-state index in [1.54, 1.807) is 25.1 Å². The second-order valence-electron chi connectivity index (χ2n) is 5.75. The molecule has 0 saturated carbocycles. The van der Waals surface area contributed by atoms with Crippen LogP contribution in [0.1, 0.15) is 35.2 Å². The number of halogens is 1. The molecule has 0 saturated heterocycles. The topological polar surface area (TPSA) is 58.6 Å². The zero-order valence-corrected chi connectivity index (χ0v) is 14.6. The van der Waals surface area contributed by atoms with E-state index >= 15 is 0 Å². The van der Waals surface area contributed by atoms with Crippen LogP contribution in [0.5, 0.6) is 5.75 Å². The number of carbonyl (C=O) groups excluding carboxylic acids is 1. The second kappa shape index (κ2) is 8.71. The summed E-state index contributed by atoms with van der Waals surface area (Å²) in [6.07, 6.45) is 0.124. The molecule has 2 rings (SSSR count). The Hall–Kier alpha value is -2.04. The Kier molecular flexibility index (Phi) is 6.64. The van der Waals surface area contributed by atoms with Crippen LogP contribution in [0.4, 0.5) is 0 Å². The van der Waals surface area contributed by atoms with Gasteiger partial charge >= 0.3 is 0 Å². The zero-order valence-electron chi connectivity index (χ0n) is 13.8. The minimum Gasteiger partial charge on any atom is -0.496 e. The molecule has 0 aromatic heterocycles. The molecular weight excluding hydrogens is 326 g/mol. The first-order valence-corrected chi connectivity index (χ1v) is 8.23. The van der Waals surface area contributed by atoms with Crippen molar-refractivity contribution >= 4 is 17.5 Å². The van der Waals surface area contributed by atoms with Gasteiger partial charge in [0.05, 0.1) is 18.8 Å². The molecule has 128 valence electrons. The van der Waals surface area contributed by atoms with Crippen molar-refractivity contribution in [1.29, 1.82) is 0 Å². The maximum absolute atomic E-state index is 12.5. The van der Waals surface area contributed by atoms with Gasteiger partial charge in [0.15, 0.2) is 0 Å². The van der Waals surface area contributed by atoms with E-state index < -0.39 is 6.10 Å². The highest BCUT2D eigenvalue weighted by atomic mass is 35.5. The van der Waals surface area contributed by atoms with Crippen LogP contribution in [0.3, 0.4) is 0 Å². The smallest absolute Gasteiger partial charge is 0.255 e. The predicted molar refractivity (Wildman–Crippen MR) is 95.8 cm³/mol. The molecule has 0 spiro atoms. The van der Waals surface area contributed by atoms with Crippen LogP contribution in [-0.4, -0.2) is 30.8 Å². The van der Waals surface area contributed by atoms with E-state index in [2.05, 4.69) is 5.32 Å². The van der Waals surface area contributed by atoms with Gasteiger partial charge in [0.2, 0.25) is 0 Å². The van der Waals surface area contributed by atoms with Crippen molar-refractivity contribution in [2.75, 3.05) is 13.7 Å². The van der Waals surface area contributed by atoms with E-state index in [-0.39, 0.29) is 11.8 Å². The molecule has 2 aromatic rings. The minimum absolute atomic E-state index is 0.0356. The standard InChI is InChI=1S/C19H22ClNO3/c1-13(22)10-15(14-6-4-3-5-7-14)12-21-19(23)17-9-8-16(20)11-18(17)24-2/h3-9,11,13,15,22H,10,12H2,1-2H3,(H,21,23). The number of rotatable bonds is 7. The summed E-state index contributed by atoms with van der Waals surface area (Å²) in [7, 11) is 1.50. The predicted octanol–water partition coefficient (Wildman–Crippen LogP) is 3.63. The lowest BCUT2D eigenvalue weighted by atomic mass is 9.93. The fourth-order valence-electron chi connectivity index (χ4n) is 2.64. The van der Waals surface area contributed by atoms with Crippen molar-refractivity contribution in [1.82, 2.24) is 5.32 Å². The highest BCUT2D eigenvalue weighted by molar-refractivity contribution is 6.30. The average molecular weight is 348 g/mol. The molecule has 2 atom stereocenters. The number of hydrogen-bond acceptors (Lipinski definition) is 3. The molecule has 2 aromatic carbocycles. The van der Waals surface area contributed by atoms with Gasteiger partial charge in [-0.25, -0.2) is 0 Å². The number of ether oxygens (including phenoxy) is 1. The summed E-state index contributed by atoms with van der Waals surface area (Å²) in [5.41, 5.74) is 1.52. The van der Waals surface area contributed by atoms with Gasteiger partial charge in [-0.15, -0.1) is 0 Å². The Morgan fingerprint density at radius 1 is 1.25 bits per heavy atom. The van der Waals surface area contributed by atoms with Crippen molar-refractivity contribution in [3.8, 4) is 5.75 Å². The summed E-state index contributed by atoms with van der Waals surface area (Å²) >= 11 is 5.93. The molecule has 0 radical (unpaired) electrons. The van der Waals surface area contributed by atoms with Gasteiger partial charge in [0.1, 0.15) is 5.75 Å². The van der Waals surface area contributed by atoms with Crippen molar-refractivity contribution < 1.29 is 14.6 Å². The number of nitrogens with one attached hydrogen (secondary N) is 1. The summed E-state index contributed by atoms with van der Waals surface area (Å²) in [6, 6.07) is 14.8. The maximum Gasteiger partial charge on any atom is 0.255 e. The third-order valence-corrected chi connectivity index (χ3v) is 4.05. The lowest BCUT2D eigenvalue weighted by Crippen LogP contribution is -2.30. The summed E-state index contributed by atoms with van der Waals surface area (Å²) in [6.45, 7) is 2.18. The normalized spacial score (nSPS) is 13.2. The molecule has 0 bridgehead atoms. The van der Waals surface area contributed by atoms with E-state index in [0.717, 1.165) is 5.56 Å². The van der Waals surface area contributed by atoms with Crippen LogP contribution in [0.2, 0.25) is 5.02 Å². The molecule has 4 nitrogen and oxygen atoms in total. The van der Waals surface area contributed by atoms with Crippen LogP contribution in [0.15, 0.2) is 48.5 Å². The molecule has 2 unspecified atom stereocenters. The average Bonchev–Trinajstić information content (AvgIpc) is 2.58. The third kappa shape index (κ3) is 4.98. The molecule has 2 N–H and O–H groups in total. The monoisotopic (exact) mass is 347 g/mol. The Labute approximate surface area is 147 Å². The van der Waals surface area contributed by atoms with Gasteiger partial charge in [-0.05, 0) is 37.1 Å². The fraction of sp³-hybridized carbons (Fsp3) is 0.316. The Morgan fingerprint density at radius 3 is 2.58 bits per heavy atom. The van der Waals surface area contributed by atoms with E-state index in [9.17, 15) is 9.90 Å². The van der Waals surface area contributed by atoms with Crippen LogP contribution in [0, 0.1) is 0 Å². The largest absolute Gasteiger partial charge is 0.496 e. The van der Waals surface area contributed by atoms with Crippen LogP contribution in [-0.2, 0) is 0 Å². The molecule has 1 amide bonds. The van der Waals surface area contributed by atoms with E-state index in [0.29, 0.717) is 29.3 Å². The van der Waals surface area contributed by atoms with Crippen LogP contribution < -0.4 is 10.1 Å². The van der Waals surface area contributed by atoms with Crippen molar-refractivity contribution in [3.05, 3.63) is 64.7 Å². The summed E-state index contributed by atoms with van der Waals surface area (Å²) in [4.78, 5) is 12.5. The van der Waals surface area contributed by atoms with Crippen LogP contribution >= 0.6 is 11.6 Å². The number of aliphatic hydroxyl groups excluding tert-OH is 1. The molecular formula is C19H22ClNO3. The zero-order chi connectivity index (χ0) is 17.5. The van der Waals surface area contributed by atoms with Gasteiger partial charge in [-0.3, -0.25) is 4.79 Å². The van der Waals surface area contributed by atoms with Crippen molar-refractivity contribution in [2.45, 2.75) is 25.4 Å². The van der Waals surface area contributed by atoms with Gasteiger partial charge in [0, 0.05) is 17.5 Å². The van der Waals surface area contributed by atoms with Gasteiger partial charge < -0.3 is 15.2 Å². The summed E-state index contributed by atoms with van der Waals surface area (Å²) in [5.74, 6) is 0.246. The van der Waals surface area contributed by atoms with Crippen LogP contribution in [0.25, 0.3) is 0 Å². The first-order chi connectivity index (χ1) is 11.5. The molecule has 5 heteroatoms. The second-order valence-corrected chi connectivity index (χ2v) is 6.18. The SMILES string of the molecule is COc1cc(Cl)ccc1C(=O)NCC(CC(C)O)c1ccccc1. The quantitative estimate of drug-likeness (QED) is 0.804. The number of hydrogen-bond donors (Lipinski definition) is 2. The lowest BCUT2D eigenvalue weighted by Gasteiger charge is -2.20. The van der Waals surface area contributed by atoms with E-state index in [1.165, 1.54) is 7.11 Å². The number of aliphatic hydroxyl groups is 1. The Bertz CT molecular complexity index is 674. The highest BCUT2D eigenvalue weighted by Gasteiger charge is 2.18. The number of amides is 1. The number of methoxy groups -OCH3 is 1.